The van der Waals surface area contributed by atoms with E-state index in [4.69, 9.17) is 0 Å². The fourth-order valence-corrected chi connectivity index (χ4v) is 3.50. The summed E-state index contributed by atoms with van der Waals surface area (Å²) < 4.78 is 24.9. The summed E-state index contributed by atoms with van der Waals surface area (Å²) in [5.41, 5.74) is 0.970. The molecule has 0 aromatic heterocycles. The van der Waals surface area contributed by atoms with E-state index in [1.165, 1.54) is 0 Å². The molecule has 0 aliphatic carbocycles. The molecule has 3 nitrogen and oxygen atoms in total. The highest BCUT2D eigenvalue weighted by Gasteiger charge is 2.27. The Balaban J connectivity index is 2.92. The normalized spacial score (nSPS) is 15.3. The Hall–Kier alpha value is -0.870. The molecular weight excluding hydrogens is 246 g/mol. The standard InChI is InChI=1S/C14H23NO2S/c1-5-9-15-12(3)13(4)18(16,17)14-8-6-7-11(2)10-14/h6-8,10,12-13,15H,5,9H2,1-4H3. The van der Waals surface area contributed by atoms with Gasteiger partial charge in [-0.05, 0) is 51.4 Å². The molecule has 0 amide bonds. The van der Waals surface area contributed by atoms with Crippen molar-refractivity contribution in [2.24, 2.45) is 0 Å². The lowest BCUT2D eigenvalue weighted by atomic mass is 10.2. The number of rotatable bonds is 6. The number of nitrogens with one attached hydrogen (secondary N) is 1. The molecule has 2 atom stereocenters. The maximum absolute atomic E-state index is 12.4. The van der Waals surface area contributed by atoms with Gasteiger partial charge in [0, 0.05) is 6.04 Å². The summed E-state index contributed by atoms with van der Waals surface area (Å²) >= 11 is 0. The van der Waals surface area contributed by atoms with Crippen molar-refractivity contribution in [2.75, 3.05) is 6.54 Å². The van der Waals surface area contributed by atoms with Crippen molar-refractivity contribution in [3.63, 3.8) is 0 Å². The largest absolute Gasteiger partial charge is 0.313 e. The molecule has 0 aliphatic heterocycles. The van der Waals surface area contributed by atoms with Crippen molar-refractivity contribution >= 4 is 9.84 Å². The van der Waals surface area contributed by atoms with Crippen LogP contribution in [0, 0.1) is 6.92 Å². The van der Waals surface area contributed by atoms with E-state index in [9.17, 15) is 8.42 Å². The van der Waals surface area contributed by atoms with E-state index in [0.29, 0.717) is 4.90 Å². The molecule has 0 radical (unpaired) electrons. The fraction of sp³-hybridized carbons (Fsp3) is 0.571. The summed E-state index contributed by atoms with van der Waals surface area (Å²) in [7, 11) is -3.25. The van der Waals surface area contributed by atoms with Crippen molar-refractivity contribution < 1.29 is 8.42 Å². The van der Waals surface area contributed by atoms with Gasteiger partial charge < -0.3 is 5.32 Å². The Morgan fingerprint density at radius 3 is 2.50 bits per heavy atom. The first-order valence-electron chi connectivity index (χ1n) is 6.43. The third-order valence-corrected chi connectivity index (χ3v) is 5.53. The summed E-state index contributed by atoms with van der Waals surface area (Å²) in [5.74, 6) is 0. The van der Waals surface area contributed by atoms with E-state index in [1.54, 1.807) is 25.1 Å². The van der Waals surface area contributed by atoms with Gasteiger partial charge in [0.2, 0.25) is 0 Å². The summed E-state index contributed by atoms with van der Waals surface area (Å²) in [5, 5.41) is 2.82. The molecule has 0 spiro atoms. The van der Waals surface area contributed by atoms with Crippen molar-refractivity contribution in [3.8, 4) is 0 Å². The van der Waals surface area contributed by atoms with E-state index >= 15 is 0 Å². The van der Waals surface area contributed by atoms with Gasteiger partial charge in [0.1, 0.15) is 0 Å². The van der Waals surface area contributed by atoms with E-state index in [1.807, 2.05) is 19.9 Å². The number of sulfone groups is 1. The smallest absolute Gasteiger partial charge is 0.182 e. The number of hydrogen-bond donors (Lipinski definition) is 1. The first kappa shape index (κ1) is 15.2. The van der Waals surface area contributed by atoms with Crippen LogP contribution >= 0.6 is 0 Å². The minimum Gasteiger partial charge on any atom is -0.313 e. The monoisotopic (exact) mass is 269 g/mol. The van der Waals surface area contributed by atoms with Crippen LogP contribution in [-0.2, 0) is 9.84 Å². The summed E-state index contributed by atoms with van der Waals surface area (Å²) in [6, 6.07) is 7.06. The lowest BCUT2D eigenvalue weighted by molar-refractivity contribution is 0.509. The second kappa shape index (κ2) is 6.34. The van der Waals surface area contributed by atoms with Crippen LogP contribution in [0.5, 0.6) is 0 Å². The average molecular weight is 269 g/mol. The van der Waals surface area contributed by atoms with Crippen LogP contribution in [0.15, 0.2) is 29.2 Å². The molecule has 1 aromatic carbocycles. The van der Waals surface area contributed by atoms with Crippen LogP contribution in [0.1, 0.15) is 32.8 Å². The van der Waals surface area contributed by atoms with Gasteiger partial charge in [0.05, 0.1) is 10.1 Å². The summed E-state index contributed by atoms with van der Waals surface area (Å²) in [4.78, 5) is 0.417. The van der Waals surface area contributed by atoms with Crippen LogP contribution in [0.2, 0.25) is 0 Å². The zero-order valence-corrected chi connectivity index (χ0v) is 12.4. The van der Waals surface area contributed by atoms with Crippen LogP contribution in [0.3, 0.4) is 0 Å². The highest BCUT2D eigenvalue weighted by molar-refractivity contribution is 7.92. The molecule has 2 unspecified atom stereocenters. The fourth-order valence-electron chi connectivity index (χ4n) is 1.81. The van der Waals surface area contributed by atoms with Gasteiger partial charge in [-0.15, -0.1) is 0 Å². The molecule has 1 N–H and O–H groups in total. The molecule has 0 heterocycles. The van der Waals surface area contributed by atoms with E-state index in [2.05, 4.69) is 12.2 Å². The maximum atomic E-state index is 12.4. The van der Waals surface area contributed by atoms with Gasteiger partial charge in [-0.3, -0.25) is 0 Å². The molecule has 102 valence electrons. The van der Waals surface area contributed by atoms with Crippen LogP contribution in [0.25, 0.3) is 0 Å². The molecule has 0 fully saturated rings. The van der Waals surface area contributed by atoms with Crippen molar-refractivity contribution in [2.45, 2.75) is 50.3 Å². The molecule has 18 heavy (non-hydrogen) atoms. The summed E-state index contributed by atoms with van der Waals surface area (Å²) in [6.07, 6.45) is 1.00. The minimum absolute atomic E-state index is 0.0459. The zero-order valence-electron chi connectivity index (χ0n) is 11.6. The molecule has 4 heteroatoms. The molecule has 1 aromatic rings. The second-order valence-electron chi connectivity index (χ2n) is 4.81. The Morgan fingerprint density at radius 2 is 1.94 bits per heavy atom. The molecule has 1 rings (SSSR count). The highest BCUT2D eigenvalue weighted by Crippen LogP contribution is 2.19. The SMILES string of the molecule is CCCNC(C)C(C)S(=O)(=O)c1cccc(C)c1. The Morgan fingerprint density at radius 1 is 1.28 bits per heavy atom. The van der Waals surface area contributed by atoms with Gasteiger partial charge in [-0.25, -0.2) is 8.42 Å². The summed E-state index contributed by atoms with van der Waals surface area (Å²) in [6.45, 7) is 8.51. The number of benzene rings is 1. The Bertz CT molecular complexity index is 482. The van der Waals surface area contributed by atoms with E-state index in [-0.39, 0.29) is 6.04 Å². The van der Waals surface area contributed by atoms with E-state index in [0.717, 1.165) is 18.5 Å². The lowest BCUT2D eigenvalue weighted by Crippen LogP contribution is -2.40. The van der Waals surface area contributed by atoms with Gasteiger partial charge >= 0.3 is 0 Å². The first-order chi connectivity index (χ1) is 8.39. The predicted octanol–water partition coefficient (Wildman–Crippen LogP) is 2.55. The first-order valence-corrected chi connectivity index (χ1v) is 7.98. The van der Waals surface area contributed by atoms with Gasteiger partial charge in [0.25, 0.3) is 0 Å². The minimum atomic E-state index is -3.25. The van der Waals surface area contributed by atoms with E-state index < -0.39 is 15.1 Å². The Kier molecular flexibility index (Phi) is 5.35. The van der Waals surface area contributed by atoms with Gasteiger partial charge in [0.15, 0.2) is 9.84 Å². The molecule has 0 bridgehead atoms. The second-order valence-corrected chi connectivity index (χ2v) is 7.11. The highest BCUT2D eigenvalue weighted by atomic mass is 32.2. The quantitative estimate of drug-likeness (QED) is 0.863. The third kappa shape index (κ3) is 3.56. The number of aryl methyl sites for hydroxylation is 1. The van der Waals surface area contributed by atoms with Crippen LogP contribution in [0.4, 0.5) is 0 Å². The molecule has 0 saturated carbocycles. The lowest BCUT2D eigenvalue weighted by Gasteiger charge is -2.21. The average Bonchev–Trinajstić information content (AvgIpc) is 2.34. The molecular formula is C14H23NO2S. The van der Waals surface area contributed by atoms with Crippen LogP contribution in [-0.4, -0.2) is 26.3 Å². The van der Waals surface area contributed by atoms with Crippen molar-refractivity contribution in [3.05, 3.63) is 29.8 Å². The predicted molar refractivity (Wildman–Crippen MR) is 75.6 cm³/mol. The third-order valence-electron chi connectivity index (χ3n) is 3.23. The maximum Gasteiger partial charge on any atom is 0.182 e. The molecule has 0 aliphatic rings. The topological polar surface area (TPSA) is 46.2 Å². The van der Waals surface area contributed by atoms with Crippen molar-refractivity contribution in [1.82, 2.24) is 5.32 Å². The van der Waals surface area contributed by atoms with Crippen molar-refractivity contribution in [1.29, 1.82) is 0 Å². The van der Waals surface area contributed by atoms with Gasteiger partial charge in [-0.2, -0.15) is 0 Å². The van der Waals surface area contributed by atoms with Gasteiger partial charge in [-0.1, -0.05) is 19.1 Å². The Labute approximate surface area is 111 Å². The molecule has 0 saturated heterocycles. The van der Waals surface area contributed by atoms with Crippen LogP contribution < -0.4 is 5.32 Å². The zero-order chi connectivity index (χ0) is 13.8. The number of hydrogen-bond acceptors (Lipinski definition) is 3.